The highest BCUT2D eigenvalue weighted by molar-refractivity contribution is 6.33. The standard InChI is InChI=1S/C13H7ClFNO4/c14-12-6-3-9(16(18)19)7-11(12)13(17)20-10-4-1-8(15)2-5-10/h1-7H. The number of ether oxygens (including phenoxy) is 1. The van der Waals surface area contributed by atoms with Gasteiger partial charge in [0.25, 0.3) is 5.69 Å². The molecule has 102 valence electrons. The lowest BCUT2D eigenvalue weighted by Gasteiger charge is -2.05. The van der Waals surface area contributed by atoms with Gasteiger partial charge in [0.1, 0.15) is 11.6 Å². The van der Waals surface area contributed by atoms with Gasteiger partial charge in [-0.2, -0.15) is 0 Å². The van der Waals surface area contributed by atoms with Gasteiger partial charge in [0.05, 0.1) is 15.5 Å². The molecule has 0 aromatic heterocycles. The van der Waals surface area contributed by atoms with Crippen molar-refractivity contribution < 1.29 is 18.8 Å². The average molecular weight is 296 g/mol. The lowest BCUT2D eigenvalue weighted by atomic mass is 10.2. The Hall–Kier alpha value is -2.47. The van der Waals surface area contributed by atoms with Crippen LogP contribution in [0, 0.1) is 15.9 Å². The molecule has 0 heterocycles. The Morgan fingerprint density at radius 3 is 2.45 bits per heavy atom. The van der Waals surface area contributed by atoms with E-state index in [-0.39, 0.29) is 22.0 Å². The van der Waals surface area contributed by atoms with Crippen LogP contribution in [0.25, 0.3) is 0 Å². The van der Waals surface area contributed by atoms with Crippen molar-refractivity contribution in [2.24, 2.45) is 0 Å². The van der Waals surface area contributed by atoms with Crippen LogP contribution in [-0.4, -0.2) is 10.9 Å². The number of carbonyl (C=O) groups excluding carboxylic acids is 1. The van der Waals surface area contributed by atoms with Crippen molar-refractivity contribution in [3.05, 3.63) is 69.0 Å². The fraction of sp³-hybridized carbons (Fsp3) is 0. The molecule has 0 fully saturated rings. The summed E-state index contributed by atoms with van der Waals surface area (Å²) in [6, 6.07) is 8.21. The smallest absolute Gasteiger partial charge is 0.345 e. The molecular formula is C13H7ClFNO4. The number of hydrogen-bond acceptors (Lipinski definition) is 4. The first kappa shape index (κ1) is 14.0. The molecule has 2 aromatic rings. The monoisotopic (exact) mass is 295 g/mol. The zero-order valence-corrected chi connectivity index (χ0v) is 10.6. The number of hydrogen-bond donors (Lipinski definition) is 0. The molecule has 0 radical (unpaired) electrons. The van der Waals surface area contributed by atoms with Gasteiger partial charge in [0.2, 0.25) is 0 Å². The Morgan fingerprint density at radius 1 is 1.20 bits per heavy atom. The topological polar surface area (TPSA) is 69.4 Å². The van der Waals surface area contributed by atoms with Crippen LogP contribution in [0.4, 0.5) is 10.1 Å². The zero-order chi connectivity index (χ0) is 14.7. The molecule has 20 heavy (non-hydrogen) atoms. The van der Waals surface area contributed by atoms with Crippen LogP contribution in [0.3, 0.4) is 0 Å². The zero-order valence-electron chi connectivity index (χ0n) is 9.88. The first-order valence-corrected chi connectivity index (χ1v) is 5.77. The predicted octanol–water partition coefficient (Wildman–Crippen LogP) is 3.61. The van der Waals surface area contributed by atoms with E-state index in [1.165, 1.54) is 24.3 Å². The van der Waals surface area contributed by atoms with Crippen LogP contribution in [0.2, 0.25) is 5.02 Å². The maximum atomic E-state index is 12.7. The van der Waals surface area contributed by atoms with Gasteiger partial charge in [0.15, 0.2) is 0 Å². The van der Waals surface area contributed by atoms with Crippen molar-refractivity contribution in [2.75, 3.05) is 0 Å². The largest absolute Gasteiger partial charge is 0.423 e. The fourth-order valence-electron chi connectivity index (χ4n) is 1.45. The van der Waals surface area contributed by atoms with Gasteiger partial charge >= 0.3 is 5.97 Å². The molecule has 0 saturated carbocycles. The summed E-state index contributed by atoms with van der Waals surface area (Å²) in [5, 5.41) is 10.7. The summed E-state index contributed by atoms with van der Waals surface area (Å²) in [4.78, 5) is 21.9. The van der Waals surface area contributed by atoms with Crippen molar-refractivity contribution in [1.29, 1.82) is 0 Å². The number of benzene rings is 2. The van der Waals surface area contributed by atoms with Crippen molar-refractivity contribution in [3.8, 4) is 5.75 Å². The van der Waals surface area contributed by atoms with Crippen molar-refractivity contribution in [2.45, 2.75) is 0 Å². The Balaban J connectivity index is 2.26. The Bertz CT molecular complexity index is 673. The highest BCUT2D eigenvalue weighted by Crippen LogP contribution is 2.23. The van der Waals surface area contributed by atoms with E-state index in [0.29, 0.717) is 0 Å². The normalized spacial score (nSPS) is 10.1. The van der Waals surface area contributed by atoms with Gasteiger partial charge in [-0.3, -0.25) is 10.1 Å². The third-order valence-corrected chi connectivity index (χ3v) is 2.73. The molecule has 0 spiro atoms. The third kappa shape index (κ3) is 3.10. The summed E-state index contributed by atoms with van der Waals surface area (Å²) in [5.74, 6) is -1.22. The van der Waals surface area contributed by atoms with Gasteiger partial charge in [-0.1, -0.05) is 11.6 Å². The third-order valence-electron chi connectivity index (χ3n) is 2.40. The molecule has 2 aromatic carbocycles. The van der Waals surface area contributed by atoms with Gasteiger partial charge in [0, 0.05) is 12.1 Å². The highest BCUT2D eigenvalue weighted by Gasteiger charge is 2.17. The molecule has 7 heteroatoms. The molecule has 0 saturated heterocycles. The van der Waals surface area contributed by atoms with E-state index in [1.807, 2.05) is 0 Å². The summed E-state index contributed by atoms with van der Waals surface area (Å²) in [6.07, 6.45) is 0. The van der Waals surface area contributed by atoms with Crippen LogP contribution < -0.4 is 4.74 Å². The second-order valence-corrected chi connectivity index (χ2v) is 4.17. The lowest BCUT2D eigenvalue weighted by molar-refractivity contribution is -0.384. The second-order valence-electron chi connectivity index (χ2n) is 3.76. The molecule has 0 aliphatic heterocycles. The number of rotatable bonds is 3. The number of nitro groups is 1. The average Bonchev–Trinajstić information content (AvgIpc) is 2.41. The van der Waals surface area contributed by atoms with Crippen molar-refractivity contribution >= 4 is 23.3 Å². The highest BCUT2D eigenvalue weighted by atomic mass is 35.5. The number of non-ortho nitro benzene ring substituents is 1. The Labute approximate surface area is 117 Å². The maximum absolute atomic E-state index is 12.7. The second kappa shape index (κ2) is 5.66. The summed E-state index contributed by atoms with van der Waals surface area (Å²) >= 11 is 5.80. The maximum Gasteiger partial charge on any atom is 0.345 e. The molecule has 0 unspecified atom stereocenters. The minimum Gasteiger partial charge on any atom is -0.423 e. The number of esters is 1. The van der Waals surface area contributed by atoms with Crippen molar-refractivity contribution in [1.82, 2.24) is 0 Å². The van der Waals surface area contributed by atoms with Crippen LogP contribution in [0.5, 0.6) is 5.75 Å². The molecule has 5 nitrogen and oxygen atoms in total. The molecule has 0 aliphatic carbocycles. The van der Waals surface area contributed by atoms with Crippen LogP contribution in [0.1, 0.15) is 10.4 Å². The molecule has 0 amide bonds. The van der Waals surface area contributed by atoms with E-state index in [0.717, 1.165) is 18.2 Å². The molecule has 0 atom stereocenters. The summed E-state index contributed by atoms with van der Waals surface area (Å²) in [5.41, 5.74) is -0.411. The quantitative estimate of drug-likeness (QED) is 0.375. The molecule has 0 bridgehead atoms. The predicted molar refractivity (Wildman–Crippen MR) is 69.5 cm³/mol. The number of nitro benzene ring substituents is 1. The molecular weight excluding hydrogens is 289 g/mol. The van der Waals surface area contributed by atoms with Crippen molar-refractivity contribution in [3.63, 3.8) is 0 Å². The SMILES string of the molecule is O=C(Oc1ccc(F)cc1)c1cc([N+](=O)[O-])ccc1Cl. The van der Waals surface area contributed by atoms with Gasteiger partial charge in [-0.25, -0.2) is 9.18 Å². The first-order chi connectivity index (χ1) is 9.47. The minimum absolute atomic E-state index is 0.0303. The van der Waals surface area contributed by atoms with E-state index >= 15 is 0 Å². The molecule has 0 aliphatic rings. The lowest BCUT2D eigenvalue weighted by Crippen LogP contribution is -2.09. The van der Waals surface area contributed by atoms with E-state index in [2.05, 4.69) is 0 Å². The molecule has 0 N–H and O–H groups in total. The van der Waals surface area contributed by atoms with Gasteiger partial charge in [-0.05, 0) is 30.3 Å². The van der Waals surface area contributed by atoms with Crippen LogP contribution in [0.15, 0.2) is 42.5 Å². The van der Waals surface area contributed by atoms with Crippen LogP contribution >= 0.6 is 11.6 Å². The van der Waals surface area contributed by atoms with E-state index < -0.39 is 16.7 Å². The minimum atomic E-state index is -0.856. The Kier molecular flexibility index (Phi) is 3.95. The number of carbonyl (C=O) groups is 1. The fourth-order valence-corrected chi connectivity index (χ4v) is 1.64. The number of nitrogens with zero attached hydrogens (tertiary/aromatic N) is 1. The van der Waals surface area contributed by atoms with E-state index in [1.54, 1.807) is 0 Å². The summed E-state index contributed by atoms with van der Waals surface area (Å²) in [7, 11) is 0. The van der Waals surface area contributed by atoms with E-state index in [9.17, 15) is 19.3 Å². The summed E-state index contributed by atoms with van der Waals surface area (Å²) < 4.78 is 17.7. The van der Waals surface area contributed by atoms with Crippen LogP contribution in [-0.2, 0) is 0 Å². The molecule has 2 rings (SSSR count). The van der Waals surface area contributed by atoms with Gasteiger partial charge < -0.3 is 4.74 Å². The first-order valence-electron chi connectivity index (χ1n) is 5.39. The van der Waals surface area contributed by atoms with E-state index in [4.69, 9.17) is 16.3 Å². The summed E-state index contributed by atoms with van der Waals surface area (Å²) in [6.45, 7) is 0. The Morgan fingerprint density at radius 2 is 1.85 bits per heavy atom. The number of halogens is 2. The van der Waals surface area contributed by atoms with Gasteiger partial charge in [-0.15, -0.1) is 0 Å².